The van der Waals surface area contributed by atoms with Crippen molar-refractivity contribution in [2.45, 2.75) is 26.0 Å². The molecule has 3 heterocycles. The molecular weight excluding hydrogens is 320 g/mol. The van der Waals surface area contributed by atoms with E-state index in [0.717, 1.165) is 22.4 Å². The molecule has 1 fully saturated rings. The van der Waals surface area contributed by atoms with Gasteiger partial charge in [0.25, 0.3) is 0 Å². The van der Waals surface area contributed by atoms with Crippen LogP contribution in [0, 0.1) is 12.8 Å². The summed E-state index contributed by atoms with van der Waals surface area (Å²) in [5.74, 6) is -0.0867. The number of nitrogens with one attached hydrogen (secondary N) is 1. The summed E-state index contributed by atoms with van der Waals surface area (Å²) in [5, 5.41) is 26.0. The van der Waals surface area contributed by atoms with Crippen LogP contribution in [0.2, 0.25) is 0 Å². The van der Waals surface area contributed by atoms with Crippen molar-refractivity contribution in [1.29, 1.82) is 0 Å². The zero-order chi connectivity index (χ0) is 17.4. The highest BCUT2D eigenvalue weighted by molar-refractivity contribution is 5.77. The van der Waals surface area contributed by atoms with E-state index in [1.54, 1.807) is 4.90 Å². The molecule has 1 amide bonds. The number of carbonyl (C=O) groups is 1. The van der Waals surface area contributed by atoms with Crippen LogP contribution in [0.5, 0.6) is 0 Å². The molecule has 4 rings (SSSR count). The fraction of sp³-hybridized carbons (Fsp3) is 0.412. The number of β-amino-alcohol motifs (C(OH)–C–C–N with tert-alkyl or cyclic N) is 1. The Bertz CT molecular complexity index is 868. The monoisotopic (exact) mass is 340 g/mol. The summed E-state index contributed by atoms with van der Waals surface area (Å²) in [6.07, 6.45) is 0.116. The van der Waals surface area contributed by atoms with Crippen molar-refractivity contribution in [2.24, 2.45) is 5.92 Å². The predicted molar refractivity (Wildman–Crippen MR) is 90.6 cm³/mol. The van der Waals surface area contributed by atoms with E-state index in [1.807, 2.05) is 37.3 Å². The Morgan fingerprint density at radius 2 is 2.00 bits per heavy atom. The van der Waals surface area contributed by atoms with Gasteiger partial charge in [-0.05, 0) is 31.5 Å². The third-order valence-corrected chi connectivity index (χ3v) is 4.59. The molecule has 2 N–H and O–H groups in total. The van der Waals surface area contributed by atoms with Crippen molar-refractivity contribution < 1.29 is 9.90 Å². The van der Waals surface area contributed by atoms with Crippen molar-refractivity contribution in [3.05, 3.63) is 41.7 Å². The third-order valence-electron chi connectivity index (χ3n) is 4.59. The van der Waals surface area contributed by atoms with Crippen LogP contribution >= 0.6 is 0 Å². The lowest BCUT2D eigenvalue weighted by Gasteiger charge is -2.15. The smallest absolute Gasteiger partial charge is 0.246 e. The first kappa shape index (κ1) is 15.8. The van der Waals surface area contributed by atoms with Gasteiger partial charge in [-0.15, -0.1) is 0 Å². The fourth-order valence-electron chi connectivity index (χ4n) is 3.30. The number of aliphatic hydroxyl groups is 1. The summed E-state index contributed by atoms with van der Waals surface area (Å²) in [6, 6.07) is 9.48. The molecule has 0 aliphatic carbocycles. The number of aliphatic hydroxyl groups excluding tert-OH is 1. The van der Waals surface area contributed by atoms with Gasteiger partial charge in [-0.2, -0.15) is 20.1 Å². The van der Waals surface area contributed by atoms with E-state index in [9.17, 15) is 9.90 Å². The molecule has 0 bridgehead atoms. The Kier molecular flexibility index (Phi) is 3.96. The van der Waals surface area contributed by atoms with Crippen LogP contribution in [0.15, 0.2) is 30.3 Å². The summed E-state index contributed by atoms with van der Waals surface area (Å²) in [7, 11) is 0. The lowest BCUT2D eigenvalue weighted by Crippen LogP contribution is -2.33. The van der Waals surface area contributed by atoms with Crippen LogP contribution in [-0.4, -0.2) is 60.3 Å². The zero-order valence-electron chi connectivity index (χ0n) is 14.0. The molecule has 2 aromatic heterocycles. The Balaban J connectivity index is 1.40. The highest BCUT2D eigenvalue weighted by Crippen LogP contribution is 2.21. The molecule has 3 aromatic rings. The van der Waals surface area contributed by atoms with Gasteiger partial charge in [0.15, 0.2) is 0 Å². The maximum atomic E-state index is 12.5. The van der Waals surface area contributed by atoms with Gasteiger partial charge in [0.05, 0.1) is 11.8 Å². The van der Waals surface area contributed by atoms with Crippen LogP contribution in [-0.2, 0) is 17.8 Å². The number of hydrogen-bond donors (Lipinski definition) is 2. The van der Waals surface area contributed by atoms with Crippen LogP contribution in [0.1, 0.15) is 11.4 Å². The van der Waals surface area contributed by atoms with E-state index in [0.29, 0.717) is 19.5 Å². The number of likely N-dealkylation sites (tertiary alicyclic amines) is 1. The van der Waals surface area contributed by atoms with E-state index in [-0.39, 0.29) is 18.4 Å². The van der Waals surface area contributed by atoms with E-state index in [1.165, 1.54) is 4.80 Å². The summed E-state index contributed by atoms with van der Waals surface area (Å²) in [4.78, 5) is 15.6. The van der Waals surface area contributed by atoms with Gasteiger partial charge in [0.1, 0.15) is 17.6 Å². The number of fused-ring (bicyclic) bond motifs is 1. The Morgan fingerprint density at radius 3 is 2.64 bits per heavy atom. The van der Waals surface area contributed by atoms with Crippen molar-refractivity contribution in [2.75, 3.05) is 13.1 Å². The van der Waals surface area contributed by atoms with Crippen molar-refractivity contribution in [3.63, 3.8) is 0 Å². The lowest BCUT2D eigenvalue weighted by atomic mass is 10.0. The van der Waals surface area contributed by atoms with E-state index >= 15 is 0 Å². The average Bonchev–Trinajstić information content (AvgIpc) is 3.27. The molecule has 1 saturated heterocycles. The van der Waals surface area contributed by atoms with Crippen LogP contribution < -0.4 is 0 Å². The number of nitrogens with zero attached hydrogens (tertiary/aromatic N) is 5. The third kappa shape index (κ3) is 3.25. The molecular formula is C17H20N6O2. The Morgan fingerprint density at radius 1 is 1.28 bits per heavy atom. The van der Waals surface area contributed by atoms with E-state index in [2.05, 4.69) is 20.4 Å². The summed E-state index contributed by atoms with van der Waals surface area (Å²) in [6.45, 7) is 2.88. The molecule has 1 aliphatic heterocycles. The largest absolute Gasteiger partial charge is 0.391 e. The molecule has 8 heteroatoms. The van der Waals surface area contributed by atoms with Gasteiger partial charge >= 0.3 is 0 Å². The second-order valence-electron chi connectivity index (χ2n) is 6.59. The first-order valence-corrected chi connectivity index (χ1v) is 8.35. The number of H-pyrrole nitrogens is 1. The molecule has 25 heavy (non-hydrogen) atoms. The predicted octanol–water partition coefficient (Wildman–Crippen LogP) is 0.525. The first-order chi connectivity index (χ1) is 12.1. The normalized spacial score (nSPS) is 20.5. The standard InChI is InChI=1S/C17H20N6O2/c1-11-6-13(19-18-11)7-12-8-22(9-16(12)24)17(25)10-23-20-14-4-2-3-5-15(14)21-23/h2-6,12,16,24H,7-10H2,1H3,(H,18,19)/t12-,16+/m1/s1. The SMILES string of the molecule is Cc1cc(C[C@@H]2CN(C(=O)Cn3nc4ccccc4n3)C[C@@H]2O)n[nH]1. The Labute approximate surface area is 144 Å². The number of amides is 1. The van der Waals surface area contributed by atoms with Gasteiger partial charge < -0.3 is 10.0 Å². The minimum absolute atomic E-state index is 0.00342. The summed E-state index contributed by atoms with van der Waals surface area (Å²) >= 11 is 0. The molecule has 0 spiro atoms. The molecule has 130 valence electrons. The van der Waals surface area contributed by atoms with Gasteiger partial charge in [0, 0.05) is 24.7 Å². The van der Waals surface area contributed by atoms with Crippen LogP contribution in [0.4, 0.5) is 0 Å². The number of aromatic nitrogens is 5. The van der Waals surface area contributed by atoms with E-state index in [4.69, 9.17) is 0 Å². The lowest BCUT2D eigenvalue weighted by molar-refractivity contribution is -0.131. The number of carbonyl (C=O) groups excluding carboxylic acids is 1. The quantitative estimate of drug-likeness (QED) is 0.721. The molecule has 0 unspecified atom stereocenters. The fourth-order valence-corrected chi connectivity index (χ4v) is 3.30. The van der Waals surface area contributed by atoms with Crippen molar-refractivity contribution in [3.8, 4) is 0 Å². The molecule has 1 aliphatic rings. The topological polar surface area (TPSA) is 99.9 Å². The van der Waals surface area contributed by atoms with Gasteiger partial charge in [0.2, 0.25) is 5.91 Å². The van der Waals surface area contributed by atoms with Gasteiger partial charge in [-0.25, -0.2) is 0 Å². The van der Waals surface area contributed by atoms with Crippen molar-refractivity contribution >= 4 is 16.9 Å². The second kappa shape index (κ2) is 6.29. The number of hydrogen-bond acceptors (Lipinski definition) is 5. The maximum Gasteiger partial charge on any atom is 0.246 e. The van der Waals surface area contributed by atoms with Gasteiger partial charge in [-0.3, -0.25) is 9.89 Å². The minimum atomic E-state index is -0.536. The number of benzene rings is 1. The summed E-state index contributed by atoms with van der Waals surface area (Å²) < 4.78 is 0. The molecule has 2 atom stereocenters. The van der Waals surface area contributed by atoms with E-state index < -0.39 is 6.10 Å². The van der Waals surface area contributed by atoms with Crippen LogP contribution in [0.3, 0.4) is 0 Å². The molecule has 0 saturated carbocycles. The Hall–Kier alpha value is -2.74. The number of aryl methyl sites for hydroxylation is 1. The molecule has 1 aromatic carbocycles. The first-order valence-electron chi connectivity index (χ1n) is 8.35. The minimum Gasteiger partial charge on any atom is -0.391 e. The molecule has 0 radical (unpaired) electrons. The maximum absolute atomic E-state index is 12.5. The average molecular weight is 340 g/mol. The number of rotatable bonds is 4. The molecule has 8 nitrogen and oxygen atoms in total. The zero-order valence-corrected chi connectivity index (χ0v) is 14.0. The highest BCUT2D eigenvalue weighted by Gasteiger charge is 2.34. The summed E-state index contributed by atoms with van der Waals surface area (Å²) in [5.41, 5.74) is 3.44. The van der Waals surface area contributed by atoms with Gasteiger partial charge in [-0.1, -0.05) is 12.1 Å². The number of aromatic amines is 1. The van der Waals surface area contributed by atoms with Crippen molar-refractivity contribution in [1.82, 2.24) is 30.1 Å². The van der Waals surface area contributed by atoms with Crippen LogP contribution in [0.25, 0.3) is 11.0 Å². The highest BCUT2D eigenvalue weighted by atomic mass is 16.3. The second-order valence-corrected chi connectivity index (χ2v) is 6.59.